The van der Waals surface area contributed by atoms with Gasteiger partial charge in [-0.2, -0.15) is 0 Å². The molecule has 0 atom stereocenters. The summed E-state index contributed by atoms with van der Waals surface area (Å²) in [6, 6.07) is 13.1. The van der Waals surface area contributed by atoms with Crippen molar-refractivity contribution in [3.63, 3.8) is 0 Å². The second-order valence-electron chi connectivity index (χ2n) is 7.14. The number of carbonyl (C=O) groups excluding carboxylic acids is 2. The molecule has 0 unspecified atom stereocenters. The summed E-state index contributed by atoms with van der Waals surface area (Å²) in [5.41, 5.74) is 3.37. The van der Waals surface area contributed by atoms with Gasteiger partial charge in [-0.1, -0.05) is 6.07 Å². The highest BCUT2D eigenvalue weighted by atomic mass is 19.1. The number of aryl methyl sites for hydroxylation is 1. The topological polar surface area (TPSA) is 78.8 Å². The zero-order chi connectivity index (χ0) is 22.0. The predicted molar refractivity (Wildman–Crippen MR) is 110 cm³/mol. The van der Waals surface area contributed by atoms with Gasteiger partial charge in [-0.25, -0.2) is 9.18 Å². The van der Waals surface area contributed by atoms with Crippen LogP contribution in [0.25, 0.3) is 5.69 Å². The van der Waals surface area contributed by atoms with E-state index in [1.165, 1.54) is 12.1 Å². The first-order valence-corrected chi connectivity index (χ1v) is 9.69. The van der Waals surface area contributed by atoms with Crippen molar-refractivity contribution in [2.75, 3.05) is 13.4 Å². The monoisotopic (exact) mass is 424 g/mol. The molecule has 0 aliphatic carbocycles. The number of carbonyl (C=O) groups is 2. The molecule has 0 saturated heterocycles. The van der Waals surface area contributed by atoms with Crippen molar-refractivity contribution in [3.8, 4) is 17.2 Å². The molecule has 160 valence electrons. The van der Waals surface area contributed by atoms with Gasteiger partial charge in [0.15, 0.2) is 18.1 Å². The highest BCUT2D eigenvalue weighted by molar-refractivity contribution is 5.93. The highest BCUT2D eigenvalue weighted by Gasteiger charge is 2.19. The number of nitrogens with zero attached hydrogens (tertiary/aromatic N) is 1. The zero-order valence-electron chi connectivity index (χ0n) is 17.1. The van der Waals surface area contributed by atoms with Gasteiger partial charge < -0.3 is 24.1 Å². The zero-order valence-corrected chi connectivity index (χ0v) is 17.1. The molecule has 2 aromatic carbocycles. The number of benzene rings is 2. The van der Waals surface area contributed by atoms with E-state index in [-0.39, 0.29) is 19.2 Å². The molecule has 1 amide bonds. The number of hydrogen-bond acceptors (Lipinski definition) is 5. The lowest BCUT2D eigenvalue weighted by Crippen LogP contribution is -2.28. The average molecular weight is 424 g/mol. The molecule has 0 bridgehead atoms. The van der Waals surface area contributed by atoms with Crippen LogP contribution in [0.4, 0.5) is 4.39 Å². The number of amides is 1. The third-order valence-corrected chi connectivity index (χ3v) is 5.00. The molecule has 1 N–H and O–H groups in total. The van der Waals surface area contributed by atoms with Crippen LogP contribution in [-0.4, -0.2) is 29.8 Å². The SMILES string of the molecule is Cc1cc(C(=O)OCC(=O)NCc2ccc3c(c2)OCO3)c(C)n1-c1ccc(F)cc1. The molecule has 4 rings (SSSR count). The van der Waals surface area contributed by atoms with Gasteiger partial charge in [0.05, 0.1) is 5.56 Å². The molecule has 1 aromatic heterocycles. The first kappa shape index (κ1) is 20.5. The Morgan fingerprint density at radius 2 is 1.81 bits per heavy atom. The van der Waals surface area contributed by atoms with Gasteiger partial charge >= 0.3 is 5.97 Å². The van der Waals surface area contributed by atoms with Gasteiger partial charge in [0.25, 0.3) is 5.91 Å². The molecule has 8 heteroatoms. The average Bonchev–Trinajstić information content (AvgIpc) is 3.34. The molecule has 0 radical (unpaired) electrons. The second kappa shape index (κ2) is 8.51. The number of ether oxygens (including phenoxy) is 3. The van der Waals surface area contributed by atoms with Crippen molar-refractivity contribution in [1.29, 1.82) is 0 Å². The van der Waals surface area contributed by atoms with Gasteiger partial charge in [0.1, 0.15) is 5.82 Å². The standard InChI is InChI=1S/C23H21FN2O5/c1-14-9-19(15(2)26(14)18-6-4-17(24)5-7-18)23(28)29-12-22(27)25-11-16-3-8-20-21(10-16)31-13-30-20/h3-10H,11-13H2,1-2H3,(H,25,27). The number of aromatic nitrogens is 1. The predicted octanol–water partition coefficient (Wildman–Crippen LogP) is 3.44. The van der Waals surface area contributed by atoms with Crippen LogP contribution < -0.4 is 14.8 Å². The lowest BCUT2D eigenvalue weighted by atomic mass is 10.2. The number of rotatable bonds is 6. The van der Waals surface area contributed by atoms with Crippen LogP contribution in [0.5, 0.6) is 11.5 Å². The summed E-state index contributed by atoms with van der Waals surface area (Å²) in [6.07, 6.45) is 0. The van der Waals surface area contributed by atoms with E-state index < -0.39 is 18.5 Å². The first-order valence-electron chi connectivity index (χ1n) is 9.69. The summed E-state index contributed by atoms with van der Waals surface area (Å²) < 4.78 is 30.8. The maximum atomic E-state index is 13.2. The molecular weight excluding hydrogens is 403 g/mol. The van der Waals surface area contributed by atoms with E-state index in [4.69, 9.17) is 14.2 Å². The third kappa shape index (κ3) is 4.37. The Kier molecular flexibility index (Phi) is 5.62. The lowest BCUT2D eigenvalue weighted by molar-refractivity contribution is -0.124. The van der Waals surface area contributed by atoms with Crippen molar-refractivity contribution < 1.29 is 28.2 Å². The van der Waals surface area contributed by atoms with Crippen LogP contribution in [0.15, 0.2) is 48.5 Å². The minimum atomic E-state index is -0.598. The van der Waals surface area contributed by atoms with Crippen molar-refractivity contribution in [2.24, 2.45) is 0 Å². The summed E-state index contributed by atoms with van der Waals surface area (Å²) in [7, 11) is 0. The van der Waals surface area contributed by atoms with Crippen molar-refractivity contribution in [3.05, 3.63) is 76.9 Å². The number of esters is 1. The molecule has 0 saturated carbocycles. The van der Waals surface area contributed by atoms with Crippen LogP contribution in [0.3, 0.4) is 0 Å². The minimum absolute atomic E-state index is 0.183. The van der Waals surface area contributed by atoms with Crippen LogP contribution in [0.1, 0.15) is 27.3 Å². The lowest BCUT2D eigenvalue weighted by Gasteiger charge is -2.10. The van der Waals surface area contributed by atoms with E-state index in [1.54, 1.807) is 37.3 Å². The molecule has 2 heterocycles. The summed E-state index contributed by atoms with van der Waals surface area (Å²) in [6.45, 7) is 3.66. The molecule has 31 heavy (non-hydrogen) atoms. The van der Waals surface area contributed by atoms with Crippen LogP contribution >= 0.6 is 0 Å². The molecule has 1 aliphatic heterocycles. The van der Waals surface area contributed by atoms with Gasteiger partial charge in [0, 0.05) is 23.6 Å². The molecule has 0 fully saturated rings. The van der Waals surface area contributed by atoms with Gasteiger partial charge in [-0.05, 0) is 61.9 Å². The van der Waals surface area contributed by atoms with Crippen LogP contribution in [0.2, 0.25) is 0 Å². The van der Waals surface area contributed by atoms with E-state index in [2.05, 4.69) is 5.32 Å². The molecular formula is C23H21FN2O5. The Hall–Kier alpha value is -3.81. The molecule has 0 spiro atoms. The number of halogens is 1. The fourth-order valence-corrected chi connectivity index (χ4v) is 3.47. The highest BCUT2D eigenvalue weighted by Crippen LogP contribution is 2.32. The van der Waals surface area contributed by atoms with E-state index in [0.717, 1.165) is 16.9 Å². The molecule has 7 nitrogen and oxygen atoms in total. The fraction of sp³-hybridized carbons (Fsp3) is 0.217. The van der Waals surface area contributed by atoms with E-state index in [1.807, 2.05) is 17.6 Å². The first-order chi connectivity index (χ1) is 14.9. The third-order valence-electron chi connectivity index (χ3n) is 5.00. The van der Waals surface area contributed by atoms with E-state index in [9.17, 15) is 14.0 Å². The number of fused-ring (bicyclic) bond motifs is 1. The smallest absolute Gasteiger partial charge is 0.340 e. The fourth-order valence-electron chi connectivity index (χ4n) is 3.47. The normalized spacial score (nSPS) is 12.0. The van der Waals surface area contributed by atoms with Crippen molar-refractivity contribution in [2.45, 2.75) is 20.4 Å². The van der Waals surface area contributed by atoms with Gasteiger partial charge in [-0.3, -0.25) is 4.79 Å². The molecule has 1 aliphatic rings. The molecule has 3 aromatic rings. The Bertz CT molecular complexity index is 1140. The summed E-state index contributed by atoms with van der Waals surface area (Å²) in [4.78, 5) is 24.6. The Morgan fingerprint density at radius 1 is 1.06 bits per heavy atom. The maximum Gasteiger partial charge on any atom is 0.340 e. The summed E-state index contributed by atoms with van der Waals surface area (Å²) in [5, 5.41) is 2.71. The minimum Gasteiger partial charge on any atom is -0.454 e. The van der Waals surface area contributed by atoms with Crippen LogP contribution in [-0.2, 0) is 16.1 Å². The Balaban J connectivity index is 1.35. The Labute approximate surface area is 178 Å². The van der Waals surface area contributed by atoms with Gasteiger partial charge in [-0.15, -0.1) is 0 Å². The Morgan fingerprint density at radius 3 is 2.58 bits per heavy atom. The second-order valence-corrected chi connectivity index (χ2v) is 7.14. The maximum absolute atomic E-state index is 13.2. The quantitative estimate of drug-likeness (QED) is 0.614. The van der Waals surface area contributed by atoms with Crippen molar-refractivity contribution >= 4 is 11.9 Å². The summed E-state index contributed by atoms with van der Waals surface area (Å²) >= 11 is 0. The largest absolute Gasteiger partial charge is 0.454 e. The van der Waals surface area contributed by atoms with E-state index >= 15 is 0 Å². The van der Waals surface area contributed by atoms with E-state index in [0.29, 0.717) is 22.8 Å². The number of nitrogens with one attached hydrogen (secondary N) is 1. The number of hydrogen-bond donors (Lipinski definition) is 1. The van der Waals surface area contributed by atoms with Crippen molar-refractivity contribution in [1.82, 2.24) is 9.88 Å². The van der Waals surface area contributed by atoms with Gasteiger partial charge in [0.2, 0.25) is 6.79 Å². The summed E-state index contributed by atoms with van der Waals surface area (Å²) in [5.74, 6) is -0.0485. The van der Waals surface area contributed by atoms with Crippen LogP contribution in [0, 0.1) is 19.7 Å².